The molecule has 0 saturated carbocycles. The average molecular weight is 515 g/mol. The first-order valence-electron chi connectivity index (χ1n) is 11.9. The predicted octanol–water partition coefficient (Wildman–Crippen LogP) is 2.30. The largest absolute Gasteiger partial charge is 0.487 e. The van der Waals surface area contributed by atoms with E-state index in [1.165, 1.54) is 15.3 Å². The van der Waals surface area contributed by atoms with Crippen LogP contribution in [0.4, 0.5) is 4.79 Å². The number of urea groups is 1. The van der Waals surface area contributed by atoms with E-state index in [4.69, 9.17) is 4.74 Å². The Labute approximate surface area is 213 Å². The molecule has 3 rings (SSSR count). The summed E-state index contributed by atoms with van der Waals surface area (Å²) in [6, 6.07) is 9.22. The standard InChI is InChI=1S/C26H34N4O5S/c1-18(2)28-26(32)29(5)16-24-19(3)15-30(20(4)17-31)36(33,34)25-12-10-21(14-23(25)35-24)9-11-22-8-6-7-13-27-22/h6-8,10,12-14,18-20,24,31H,15-17H2,1-5H3,(H,28,32)/t19-,20-,24+/m0/s1. The molecule has 1 aliphatic heterocycles. The van der Waals surface area contributed by atoms with Crippen LogP contribution in [-0.4, -0.2) is 78.7 Å². The molecule has 0 bridgehead atoms. The second kappa shape index (κ2) is 11.7. The highest BCUT2D eigenvalue weighted by Gasteiger charge is 2.38. The number of aliphatic hydroxyl groups is 1. The number of amides is 2. The zero-order chi connectivity index (χ0) is 26.5. The fraction of sp³-hybridized carbons (Fsp3) is 0.462. The van der Waals surface area contributed by atoms with Crippen molar-refractivity contribution >= 4 is 16.1 Å². The summed E-state index contributed by atoms with van der Waals surface area (Å²) in [4.78, 5) is 18.2. The van der Waals surface area contributed by atoms with Gasteiger partial charge in [-0.15, -0.1) is 0 Å². The summed E-state index contributed by atoms with van der Waals surface area (Å²) in [6.07, 6.45) is 1.14. The predicted molar refractivity (Wildman–Crippen MR) is 137 cm³/mol. The second-order valence-corrected chi connectivity index (χ2v) is 11.2. The van der Waals surface area contributed by atoms with Crippen molar-refractivity contribution in [2.45, 2.75) is 50.8 Å². The normalized spacial score (nSPS) is 20.1. The first kappa shape index (κ1) is 27.5. The molecule has 36 heavy (non-hydrogen) atoms. The van der Waals surface area contributed by atoms with Crippen LogP contribution < -0.4 is 10.1 Å². The molecule has 1 aromatic heterocycles. The number of nitrogens with one attached hydrogen (secondary N) is 1. The highest BCUT2D eigenvalue weighted by molar-refractivity contribution is 7.89. The van der Waals surface area contributed by atoms with Crippen LogP contribution in [-0.2, 0) is 10.0 Å². The van der Waals surface area contributed by atoms with Gasteiger partial charge in [0.15, 0.2) is 0 Å². The van der Waals surface area contributed by atoms with Crippen molar-refractivity contribution < 1.29 is 23.1 Å². The summed E-state index contributed by atoms with van der Waals surface area (Å²) >= 11 is 0. The van der Waals surface area contributed by atoms with Crippen LogP contribution in [0.15, 0.2) is 47.5 Å². The fourth-order valence-electron chi connectivity index (χ4n) is 3.80. The average Bonchev–Trinajstić information content (AvgIpc) is 2.84. The lowest BCUT2D eigenvalue weighted by Gasteiger charge is -2.37. The van der Waals surface area contributed by atoms with Gasteiger partial charge in [0.25, 0.3) is 0 Å². The molecule has 10 heteroatoms. The number of ether oxygens (including phenoxy) is 1. The highest BCUT2D eigenvalue weighted by atomic mass is 32.2. The number of likely N-dealkylation sites (N-methyl/N-ethyl adjacent to an activating group) is 1. The molecule has 194 valence electrons. The number of nitrogens with zero attached hydrogens (tertiary/aromatic N) is 3. The van der Waals surface area contributed by atoms with E-state index in [2.05, 4.69) is 22.1 Å². The van der Waals surface area contributed by atoms with E-state index in [-0.39, 0.29) is 48.3 Å². The topological polar surface area (TPSA) is 112 Å². The Morgan fingerprint density at radius 3 is 2.67 bits per heavy atom. The number of aromatic nitrogens is 1. The Kier molecular flexibility index (Phi) is 8.95. The van der Waals surface area contributed by atoms with Crippen molar-refractivity contribution in [3.63, 3.8) is 0 Å². The van der Waals surface area contributed by atoms with Crippen molar-refractivity contribution in [1.29, 1.82) is 0 Å². The van der Waals surface area contributed by atoms with Crippen molar-refractivity contribution in [2.75, 3.05) is 26.7 Å². The number of benzene rings is 1. The zero-order valence-electron chi connectivity index (χ0n) is 21.3. The van der Waals surface area contributed by atoms with E-state index in [1.807, 2.05) is 26.8 Å². The first-order chi connectivity index (χ1) is 17.0. The Morgan fingerprint density at radius 1 is 1.28 bits per heavy atom. The van der Waals surface area contributed by atoms with E-state index in [1.54, 1.807) is 44.4 Å². The van der Waals surface area contributed by atoms with Crippen molar-refractivity contribution in [2.24, 2.45) is 5.92 Å². The molecule has 3 atom stereocenters. The van der Waals surface area contributed by atoms with Crippen LogP contribution in [0.3, 0.4) is 0 Å². The molecule has 0 spiro atoms. The number of rotatable bonds is 5. The van der Waals surface area contributed by atoms with Gasteiger partial charge in [-0.05, 0) is 57.0 Å². The third-order valence-corrected chi connectivity index (χ3v) is 7.90. The number of carbonyl (C=O) groups is 1. The fourth-order valence-corrected chi connectivity index (χ4v) is 5.63. The van der Waals surface area contributed by atoms with Crippen LogP contribution in [0.2, 0.25) is 0 Å². The van der Waals surface area contributed by atoms with Gasteiger partial charge in [0.2, 0.25) is 10.0 Å². The second-order valence-electron chi connectivity index (χ2n) is 9.35. The molecule has 1 aromatic carbocycles. The van der Waals surface area contributed by atoms with Gasteiger partial charge in [-0.1, -0.05) is 18.9 Å². The maximum atomic E-state index is 13.6. The van der Waals surface area contributed by atoms with Gasteiger partial charge in [0.05, 0.1) is 13.2 Å². The minimum Gasteiger partial charge on any atom is -0.487 e. The van der Waals surface area contributed by atoms with Gasteiger partial charge in [-0.3, -0.25) is 0 Å². The maximum absolute atomic E-state index is 13.6. The summed E-state index contributed by atoms with van der Waals surface area (Å²) in [6.45, 7) is 7.35. The smallest absolute Gasteiger partial charge is 0.317 e. The lowest BCUT2D eigenvalue weighted by atomic mass is 10.0. The third-order valence-electron chi connectivity index (χ3n) is 5.88. The first-order valence-corrected chi connectivity index (χ1v) is 13.3. The molecule has 9 nitrogen and oxygen atoms in total. The number of pyridine rings is 1. The zero-order valence-corrected chi connectivity index (χ0v) is 22.1. The van der Waals surface area contributed by atoms with E-state index < -0.39 is 22.2 Å². The molecule has 0 radical (unpaired) electrons. The summed E-state index contributed by atoms with van der Waals surface area (Å²) < 4.78 is 34.8. The summed E-state index contributed by atoms with van der Waals surface area (Å²) in [5.74, 6) is 5.86. The van der Waals surface area contributed by atoms with Gasteiger partial charge in [-0.25, -0.2) is 18.2 Å². The molecule has 2 aromatic rings. The Bertz CT molecular complexity index is 1220. The molecule has 0 aliphatic carbocycles. The maximum Gasteiger partial charge on any atom is 0.317 e. The minimum absolute atomic E-state index is 0.00243. The van der Waals surface area contributed by atoms with E-state index >= 15 is 0 Å². The van der Waals surface area contributed by atoms with Crippen LogP contribution in [0.1, 0.15) is 39.0 Å². The summed E-state index contributed by atoms with van der Waals surface area (Å²) in [7, 11) is -2.29. The summed E-state index contributed by atoms with van der Waals surface area (Å²) in [5, 5.41) is 12.6. The molecule has 0 fully saturated rings. The van der Waals surface area contributed by atoms with Crippen LogP contribution in [0.25, 0.3) is 0 Å². The third kappa shape index (κ3) is 6.55. The number of aliphatic hydroxyl groups excluding tert-OH is 1. The molecule has 2 amide bonds. The lowest BCUT2D eigenvalue weighted by molar-refractivity contribution is 0.0809. The molecule has 1 aliphatic rings. The highest BCUT2D eigenvalue weighted by Crippen LogP contribution is 2.34. The lowest BCUT2D eigenvalue weighted by Crippen LogP contribution is -2.51. The van der Waals surface area contributed by atoms with Crippen LogP contribution in [0, 0.1) is 17.8 Å². The Morgan fingerprint density at radius 2 is 2.03 bits per heavy atom. The number of fused-ring (bicyclic) bond motifs is 1. The Hall–Kier alpha value is -3.13. The van der Waals surface area contributed by atoms with E-state index in [9.17, 15) is 18.3 Å². The van der Waals surface area contributed by atoms with Gasteiger partial charge >= 0.3 is 6.03 Å². The van der Waals surface area contributed by atoms with Crippen molar-refractivity contribution in [3.8, 4) is 17.6 Å². The number of carbonyl (C=O) groups excluding carboxylic acids is 1. The molecule has 2 N–H and O–H groups in total. The SMILES string of the molecule is CC(C)NC(=O)N(C)C[C@H]1Oc2cc(C#Cc3ccccn3)ccc2S(=O)(=O)N([C@@H](C)CO)C[C@@H]1C. The Balaban J connectivity index is 2.03. The molecule has 0 saturated heterocycles. The molecular formula is C26H34N4O5S. The minimum atomic E-state index is -3.96. The molecular weight excluding hydrogens is 480 g/mol. The number of sulfonamides is 1. The van der Waals surface area contributed by atoms with Gasteiger partial charge in [0.1, 0.15) is 22.4 Å². The number of hydrogen-bond acceptors (Lipinski definition) is 6. The van der Waals surface area contributed by atoms with E-state index in [0.717, 1.165) is 0 Å². The van der Waals surface area contributed by atoms with Gasteiger partial charge in [-0.2, -0.15) is 4.31 Å². The van der Waals surface area contributed by atoms with E-state index in [0.29, 0.717) is 11.3 Å². The van der Waals surface area contributed by atoms with Gasteiger partial charge in [0, 0.05) is 43.4 Å². The van der Waals surface area contributed by atoms with Crippen LogP contribution >= 0.6 is 0 Å². The monoisotopic (exact) mass is 514 g/mol. The summed E-state index contributed by atoms with van der Waals surface area (Å²) in [5.41, 5.74) is 1.15. The van der Waals surface area contributed by atoms with Crippen molar-refractivity contribution in [3.05, 3.63) is 53.9 Å². The van der Waals surface area contributed by atoms with Crippen LogP contribution in [0.5, 0.6) is 5.75 Å². The molecule has 0 unspecified atom stereocenters. The molecule has 2 heterocycles. The van der Waals surface area contributed by atoms with Gasteiger partial charge < -0.3 is 20.1 Å². The number of hydrogen-bond donors (Lipinski definition) is 2. The quantitative estimate of drug-likeness (QED) is 0.593. The van der Waals surface area contributed by atoms with Crippen molar-refractivity contribution in [1.82, 2.24) is 19.5 Å².